The van der Waals surface area contributed by atoms with Crippen molar-refractivity contribution in [3.05, 3.63) is 65.7 Å². The highest BCUT2D eigenvalue weighted by Crippen LogP contribution is 2.11. The first-order chi connectivity index (χ1) is 11.2. The standard InChI is InChI=1S/C20H22O3/c1-17-10-12-20(13-11-17)23-16-19(21)9-5-6-14-22-15-18-7-3-2-4-8-18/h2-4,7-8,10-13,19,21H,9,14-16H2,1H3/t19-/m0/s1. The van der Waals surface area contributed by atoms with E-state index in [2.05, 4.69) is 11.8 Å². The molecule has 3 heteroatoms. The number of ether oxygens (including phenoxy) is 2. The maximum absolute atomic E-state index is 9.83. The van der Waals surface area contributed by atoms with Gasteiger partial charge in [0.1, 0.15) is 19.0 Å². The van der Waals surface area contributed by atoms with Crippen molar-refractivity contribution >= 4 is 0 Å². The Morgan fingerprint density at radius 2 is 1.74 bits per heavy atom. The maximum Gasteiger partial charge on any atom is 0.119 e. The summed E-state index contributed by atoms with van der Waals surface area (Å²) in [5.41, 5.74) is 2.31. The zero-order chi connectivity index (χ0) is 16.3. The molecule has 120 valence electrons. The van der Waals surface area contributed by atoms with Gasteiger partial charge in [-0.15, -0.1) is 0 Å². The highest BCUT2D eigenvalue weighted by atomic mass is 16.5. The second-order valence-corrected chi connectivity index (χ2v) is 5.31. The second kappa shape index (κ2) is 9.68. The molecule has 3 nitrogen and oxygen atoms in total. The number of aryl methyl sites for hydroxylation is 1. The van der Waals surface area contributed by atoms with Crippen molar-refractivity contribution in [1.29, 1.82) is 0 Å². The quantitative estimate of drug-likeness (QED) is 0.629. The van der Waals surface area contributed by atoms with E-state index in [9.17, 15) is 5.11 Å². The molecule has 23 heavy (non-hydrogen) atoms. The Bertz CT molecular complexity index is 623. The number of hydrogen-bond donors (Lipinski definition) is 1. The summed E-state index contributed by atoms with van der Waals surface area (Å²) in [6.07, 6.45) is -0.224. The van der Waals surface area contributed by atoms with E-state index < -0.39 is 6.10 Å². The molecule has 0 aromatic heterocycles. The Balaban J connectivity index is 1.59. The van der Waals surface area contributed by atoms with Gasteiger partial charge in [0, 0.05) is 6.42 Å². The first-order valence-electron chi connectivity index (χ1n) is 7.69. The van der Waals surface area contributed by atoms with Crippen LogP contribution in [0.1, 0.15) is 17.5 Å². The fourth-order valence-corrected chi connectivity index (χ4v) is 1.92. The van der Waals surface area contributed by atoms with Crippen LogP contribution in [0.3, 0.4) is 0 Å². The molecule has 0 aliphatic carbocycles. The first-order valence-corrected chi connectivity index (χ1v) is 7.69. The van der Waals surface area contributed by atoms with Gasteiger partial charge in [0.25, 0.3) is 0 Å². The average Bonchev–Trinajstić information content (AvgIpc) is 2.58. The van der Waals surface area contributed by atoms with Crippen molar-refractivity contribution in [2.24, 2.45) is 0 Å². The molecule has 0 amide bonds. The summed E-state index contributed by atoms with van der Waals surface area (Å²) in [5, 5.41) is 9.83. The number of aliphatic hydroxyl groups is 1. The van der Waals surface area contributed by atoms with E-state index in [0.717, 1.165) is 11.3 Å². The Kier molecular flexibility index (Phi) is 7.19. The van der Waals surface area contributed by atoms with Crippen molar-refractivity contribution in [3.63, 3.8) is 0 Å². The Morgan fingerprint density at radius 1 is 1.00 bits per heavy atom. The molecule has 0 heterocycles. The van der Waals surface area contributed by atoms with Crippen LogP contribution in [0.5, 0.6) is 5.75 Å². The molecule has 0 spiro atoms. The second-order valence-electron chi connectivity index (χ2n) is 5.31. The van der Waals surface area contributed by atoms with Gasteiger partial charge in [-0.2, -0.15) is 0 Å². The lowest BCUT2D eigenvalue weighted by atomic mass is 10.2. The Morgan fingerprint density at radius 3 is 2.48 bits per heavy atom. The van der Waals surface area contributed by atoms with Crippen LogP contribution in [0.25, 0.3) is 0 Å². The largest absolute Gasteiger partial charge is 0.491 e. The van der Waals surface area contributed by atoms with Crippen molar-refractivity contribution < 1.29 is 14.6 Å². The predicted octanol–water partition coefficient (Wildman–Crippen LogP) is 3.35. The molecule has 2 aromatic carbocycles. The molecule has 0 bridgehead atoms. The fourth-order valence-electron chi connectivity index (χ4n) is 1.92. The van der Waals surface area contributed by atoms with E-state index in [1.165, 1.54) is 5.56 Å². The molecule has 0 saturated carbocycles. The van der Waals surface area contributed by atoms with E-state index in [4.69, 9.17) is 9.47 Å². The molecular weight excluding hydrogens is 288 g/mol. The highest BCUT2D eigenvalue weighted by Gasteiger charge is 2.03. The third-order valence-electron chi connectivity index (χ3n) is 3.21. The zero-order valence-corrected chi connectivity index (χ0v) is 13.4. The van der Waals surface area contributed by atoms with E-state index in [-0.39, 0.29) is 6.61 Å². The lowest BCUT2D eigenvalue weighted by Crippen LogP contribution is -2.16. The van der Waals surface area contributed by atoms with Crippen LogP contribution >= 0.6 is 0 Å². The van der Waals surface area contributed by atoms with E-state index >= 15 is 0 Å². The molecule has 0 aliphatic heterocycles. The number of aliphatic hydroxyl groups excluding tert-OH is 1. The summed E-state index contributed by atoms with van der Waals surface area (Å²) < 4.78 is 11.0. The van der Waals surface area contributed by atoms with Crippen molar-refractivity contribution in [2.75, 3.05) is 13.2 Å². The number of benzene rings is 2. The maximum atomic E-state index is 9.83. The van der Waals surface area contributed by atoms with Gasteiger partial charge in [-0.25, -0.2) is 0 Å². The monoisotopic (exact) mass is 310 g/mol. The molecule has 2 rings (SSSR count). The van der Waals surface area contributed by atoms with Gasteiger partial charge in [0.05, 0.1) is 12.7 Å². The van der Waals surface area contributed by atoms with Gasteiger partial charge >= 0.3 is 0 Å². The number of hydrogen-bond acceptors (Lipinski definition) is 3. The van der Waals surface area contributed by atoms with Crippen LogP contribution in [0, 0.1) is 18.8 Å². The summed E-state index contributed by atoms with van der Waals surface area (Å²) in [4.78, 5) is 0. The van der Waals surface area contributed by atoms with Gasteiger partial charge in [-0.05, 0) is 24.6 Å². The van der Waals surface area contributed by atoms with Gasteiger partial charge in [-0.1, -0.05) is 59.9 Å². The molecule has 0 saturated heterocycles. The van der Waals surface area contributed by atoms with E-state index in [0.29, 0.717) is 19.6 Å². The third kappa shape index (κ3) is 7.01. The highest BCUT2D eigenvalue weighted by molar-refractivity contribution is 5.26. The number of rotatable bonds is 7. The fraction of sp³-hybridized carbons (Fsp3) is 0.300. The summed E-state index contributed by atoms with van der Waals surface area (Å²) in [6, 6.07) is 17.7. The van der Waals surface area contributed by atoms with Gasteiger partial charge in [0.15, 0.2) is 0 Å². The SMILES string of the molecule is Cc1ccc(OC[C@@H](O)CC#CCOCc2ccccc2)cc1. The molecular formula is C20H22O3. The van der Waals surface area contributed by atoms with Crippen LogP contribution in [0.2, 0.25) is 0 Å². The molecule has 0 aliphatic rings. The summed E-state index contributed by atoms with van der Waals surface area (Å²) in [5.74, 6) is 6.57. The van der Waals surface area contributed by atoms with Gasteiger partial charge in [0.2, 0.25) is 0 Å². The Hall–Kier alpha value is -2.28. The molecule has 0 radical (unpaired) electrons. The third-order valence-corrected chi connectivity index (χ3v) is 3.21. The molecule has 1 atom stereocenters. The van der Waals surface area contributed by atoms with Crippen LogP contribution in [-0.2, 0) is 11.3 Å². The first kappa shape index (κ1) is 17.1. The van der Waals surface area contributed by atoms with Gasteiger partial charge < -0.3 is 14.6 Å². The minimum absolute atomic E-state index is 0.239. The summed E-state index contributed by atoms with van der Waals surface area (Å²) >= 11 is 0. The molecule has 0 fully saturated rings. The topological polar surface area (TPSA) is 38.7 Å². The summed E-state index contributed by atoms with van der Waals surface area (Å²) in [7, 11) is 0. The average molecular weight is 310 g/mol. The Labute approximate surface area is 137 Å². The van der Waals surface area contributed by atoms with Crippen molar-refractivity contribution in [3.8, 4) is 17.6 Å². The van der Waals surface area contributed by atoms with E-state index in [1.54, 1.807) is 0 Å². The van der Waals surface area contributed by atoms with Crippen LogP contribution in [0.4, 0.5) is 0 Å². The lowest BCUT2D eigenvalue weighted by molar-refractivity contribution is 0.111. The lowest BCUT2D eigenvalue weighted by Gasteiger charge is -2.09. The smallest absolute Gasteiger partial charge is 0.119 e. The van der Waals surface area contributed by atoms with Crippen LogP contribution < -0.4 is 4.74 Å². The van der Waals surface area contributed by atoms with Crippen LogP contribution in [-0.4, -0.2) is 24.4 Å². The van der Waals surface area contributed by atoms with Gasteiger partial charge in [-0.3, -0.25) is 0 Å². The predicted molar refractivity (Wildman–Crippen MR) is 91.2 cm³/mol. The zero-order valence-electron chi connectivity index (χ0n) is 13.4. The van der Waals surface area contributed by atoms with Crippen LogP contribution in [0.15, 0.2) is 54.6 Å². The molecule has 1 N–H and O–H groups in total. The minimum atomic E-state index is -0.599. The normalized spacial score (nSPS) is 11.4. The minimum Gasteiger partial charge on any atom is -0.491 e. The van der Waals surface area contributed by atoms with E-state index in [1.807, 2.05) is 61.5 Å². The summed E-state index contributed by atoms with van der Waals surface area (Å²) in [6.45, 7) is 3.17. The van der Waals surface area contributed by atoms with Crippen molar-refractivity contribution in [1.82, 2.24) is 0 Å². The van der Waals surface area contributed by atoms with Crippen molar-refractivity contribution in [2.45, 2.75) is 26.1 Å². The molecule has 2 aromatic rings. The molecule has 0 unspecified atom stereocenters.